The first kappa shape index (κ1) is 15.4. The van der Waals surface area contributed by atoms with E-state index in [-0.39, 0.29) is 5.97 Å². The maximum absolute atomic E-state index is 12.2. The number of benzene rings is 1. The van der Waals surface area contributed by atoms with Crippen LogP contribution in [0.4, 0.5) is 0 Å². The number of nitrogens with zero attached hydrogens (tertiary/aromatic N) is 1. The minimum Gasteiger partial charge on any atom is -0.449 e. The first-order chi connectivity index (χ1) is 11.6. The third kappa shape index (κ3) is 2.07. The van der Waals surface area contributed by atoms with Crippen LogP contribution in [0.15, 0.2) is 44.9 Å². The molecule has 0 radical (unpaired) electrons. The second-order valence-corrected chi connectivity index (χ2v) is 8.96. The van der Waals surface area contributed by atoms with Gasteiger partial charge >= 0.3 is 5.97 Å². The zero-order chi connectivity index (χ0) is 16.5. The second kappa shape index (κ2) is 5.29. The Hall–Kier alpha value is -0.910. The molecule has 1 aromatic carbocycles. The Morgan fingerprint density at radius 3 is 2.75 bits per heavy atom. The van der Waals surface area contributed by atoms with Crippen LogP contribution in [-0.2, 0) is 9.53 Å². The summed E-state index contributed by atoms with van der Waals surface area (Å²) in [5, 5.41) is 0. The molecule has 2 bridgehead atoms. The predicted octanol–water partition coefficient (Wildman–Crippen LogP) is 4.46. The highest BCUT2D eigenvalue weighted by atomic mass is 79.9. The lowest BCUT2D eigenvalue weighted by Gasteiger charge is -2.38. The average molecular weight is 451 g/mol. The van der Waals surface area contributed by atoms with Gasteiger partial charge in [0.25, 0.3) is 0 Å². The fourth-order valence-electron chi connectivity index (χ4n) is 5.02. The lowest BCUT2D eigenvalue weighted by molar-refractivity contribution is -0.148. The smallest absolute Gasteiger partial charge is 0.332 e. The van der Waals surface area contributed by atoms with Gasteiger partial charge < -0.3 is 4.74 Å². The van der Waals surface area contributed by atoms with E-state index in [1.54, 1.807) is 6.08 Å². The summed E-state index contributed by atoms with van der Waals surface area (Å²) in [6, 6.07) is 6.98. The normalized spacial score (nSPS) is 34.3. The molecule has 1 aromatic rings. The Bertz CT molecular complexity index is 795. The van der Waals surface area contributed by atoms with E-state index in [4.69, 9.17) is 4.74 Å². The van der Waals surface area contributed by atoms with Crippen molar-refractivity contribution in [3.05, 3.63) is 50.4 Å². The van der Waals surface area contributed by atoms with E-state index >= 15 is 0 Å². The fourth-order valence-corrected chi connectivity index (χ4v) is 6.32. The quantitative estimate of drug-likeness (QED) is 0.591. The largest absolute Gasteiger partial charge is 0.449 e. The average Bonchev–Trinajstić information content (AvgIpc) is 3.02. The van der Waals surface area contributed by atoms with Crippen LogP contribution in [-0.4, -0.2) is 35.1 Å². The molecule has 0 aromatic heterocycles. The number of halogens is 2. The summed E-state index contributed by atoms with van der Waals surface area (Å²) in [7, 11) is 0. The molecular weight excluding hydrogens is 434 g/mol. The molecule has 0 N–H and O–H groups in total. The van der Waals surface area contributed by atoms with Crippen molar-refractivity contribution in [3.63, 3.8) is 0 Å². The van der Waals surface area contributed by atoms with Crippen LogP contribution in [0.25, 0.3) is 5.57 Å². The van der Waals surface area contributed by atoms with Crippen molar-refractivity contribution in [2.24, 2.45) is 0 Å². The molecule has 5 heteroatoms. The monoisotopic (exact) mass is 449 g/mol. The molecule has 0 saturated carbocycles. The van der Waals surface area contributed by atoms with Gasteiger partial charge in [0.2, 0.25) is 0 Å². The van der Waals surface area contributed by atoms with Crippen LogP contribution in [0, 0.1) is 0 Å². The van der Waals surface area contributed by atoms with Crippen molar-refractivity contribution in [2.75, 3.05) is 6.54 Å². The topological polar surface area (TPSA) is 29.5 Å². The van der Waals surface area contributed by atoms with Crippen LogP contribution < -0.4 is 0 Å². The molecule has 2 saturated heterocycles. The molecule has 3 nitrogen and oxygen atoms in total. The standard InChI is InChI=1S/C19H17Br2NO2/c20-12-5-11(6-13(21)7-12)15-8-14-10-19(16(15)9-18(23)24-19)17-3-1-2-4-22(14)17/h5-9,14,17H,1-4,10H2. The molecule has 124 valence electrons. The predicted molar refractivity (Wildman–Crippen MR) is 99.5 cm³/mol. The van der Waals surface area contributed by atoms with Gasteiger partial charge in [-0.1, -0.05) is 44.4 Å². The van der Waals surface area contributed by atoms with Crippen LogP contribution >= 0.6 is 31.9 Å². The van der Waals surface area contributed by atoms with Gasteiger partial charge in [-0.25, -0.2) is 4.79 Å². The number of esters is 1. The van der Waals surface area contributed by atoms with E-state index in [1.807, 2.05) is 6.07 Å². The van der Waals surface area contributed by atoms with Gasteiger partial charge in [-0.2, -0.15) is 0 Å². The molecule has 1 spiro atoms. The molecule has 3 heterocycles. The number of carbonyl (C=O) groups is 1. The van der Waals surface area contributed by atoms with Gasteiger partial charge in [0.1, 0.15) is 0 Å². The summed E-state index contributed by atoms with van der Waals surface area (Å²) in [6.45, 7) is 1.11. The highest BCUT2D eigenvalue weighted by Gasteiger charge is 2.61. The lowest BCUT2D eigenvalue weighted by atomic mass is 9.75. The van der Waals surface area contributed by atoms with Crippen molar-refractivity contribution in [1.82, 2.24) is 4.90 Å². The Balaban J connectivity index is 1.69. The van der Waals surface area contributed by atoms with Crippen molar-refractivity contribution in [3.8, 4) is 0 Å². The van der Waals surface area contributed by atoms with Gasteiger partial charge in [0, 0.05) is 33.1 Å². The van der Waals surface area contributed by atoms with Crippen LogP contribution in [0.5, 0.6) is 0 Å². The molecule has 2 fully saturated rings. The Morgan fingerprint density at radius 1 is 1.17 bits per heavy atom. The van der Waals surface area contributed by atoms with Crippen LogP contribution in [0.3, 0.4) is 0 Å². The third-order valence-electron chi connectivity index (χ3n) is 5.84. The van der Waals surface area contributed by atoms with Gasteiger partial charge in [0.15, 0.2) is 5.60 Å². The van der Waals surface area contributed by atoms with E-state index in [1.165, 1.54) is 12.8 Å². The minimum atomic E-state index is -0.430. The maximum Gasteiger partial charge on any atom is 0.332 e. The molecule has 3 aliphatic heterocycles. The summed E-state index contributed by atoms with van der Waals surface area (Å²) in [5.74, 6) is -0.182. The number of ether oxygens (including phenoxy) is 1. The summed E-state index contributed by atoms with van der Waals surface area (Å²) in [6.07, 6.45) is 8.57. The first-order valence-corrected chi connectivity index (χ1v) is 10.0. The second-order valence-electron chi connectivity index (χ2n) is 7.13. The van der Waals surface area contributed by atoms with Crippen molar-refractivity contribution in [2.45, 2.75) is 43.4 Å². The van der Waals surface area contributed by atoms with E-state index in [0.29, 0.717) is 12.1 Å². The number of hydrogen-bond donors (Lipinski definition) is 0. The maximum atomic E-state index is 12.2. The summed E-state index contributed by atoms with van der Waals surface area (Å²) < 4.78 is 8.05. The zero-order valence-corrected chi connectivity index (χ0v) is 16.3. The number of fused-ring (bicyclic) bond motifs is 3. The molecule has 0 amide bonds. The molecule has 4 aliphatic rings. The number of carbonyl (C=O) groups excluding carboxylic acids is 1. The number of piperidine rings is 1. The third-order valence-corrected chi connectivity index (χ3v) is 6.76. The summed E-state index contributed by atoms with van der Waals surface area (Å²) in [5.41, 5.74) is 2.95. The Labute approximate surface area is 158 Å². The fraction of sp³-hybridized carbons (Fsp3) is 0.421. The Kier molecular flexibility index (Phi) is 3.39. The van der Waals surface area contributed by atoms with Gasteiger partial charge in [-0.05, 0) is 48.7 Å². The van der Waals surface area contributed by atoms with Crippen molar-refractivity contribution < 1.29 is 9.53 Å². The van der Waals surface area contributed by atoms with E-state index < -0.39 is 5.60 Å². The summed E-state index contributed by atoms with van der Waals surface area (Å²) >= 11 is 7.17. The van der Waals surface area contributed by atoms with E-state index in [9.17, 15) is 4.79 Å². The lowest BCUT2D eigenvalue weighted by Crippen LogP contribution is -2.48. The number of rotatable bonds is 1. The molecule has 24 heavy (non-hydrogen) atoms. The van der Waals surface area contributed by atoms with Gasteiger partial charge in [-0.3, -0.25) is 4.90 Å². The molecule has 3 atom stereocenters. The van der Waals surface area contributed by atoms with E-state index in [2.05, 4.69) is 55.0 Å². The zero-order valence-electron chi connectivity index (χ0n) is 13.1. The van der Waals surface area contributed by atoms with Crippen molar-refractivity contribution in [1.29, 1.82) is 0 Å². The van der Waals surface area contributed by atoms with Crippen molar-refractivity contribution >= 4 is 43.4 Å². The molecule has 1 aliphatic carbocycles. The van der Waals surface area contributed by atoms with Gasteiger partial charge in [-0.15, -0.1) is 0 Å². The number of hydrogen-bond acceptors (Lipinski definition) is 3. The highest BCUT2D eigenvalue weighted by molar-refractivity contribution is 9.11. The first-order valence-electron chi connectivity index (χ1n) is 8.46. The SMILES string of the molecule is O=C1C=C2C(c3cc(Br)cc(Br)c3)=CC3CC2(O1)C1CCCCN31. The van der Waals surface area contributed by atoms with E-state index in [0.717, 1.165) is 45.0 Å². The van der Waals surface area contributed by atoms with Gasteiger partial charge in [0.05, 0.1) is 6.04 Å². The highest BCUT2D eigenvalue weighted by Crippen LogP contribution is 2.55. The molecular formula is C19H17Br2NO2. The van der Waals surface area contributed by atoms with Crippen LogP contribution in [0.2, 0.25) is 0 Å². The minimum absolute atomic E-state index is 0.182. The summed E-state index contributed by atoms with van der Waals surface area (Å²) in [4.78, 5) is 14.8. The Morgan fingerprint density at radius 2 is 1.96 bits per heavy atom. The molecule has 5 rings (SSSR count). The van der Waals surface area contributed by atoms with Crippen LogP contribution in [0.1, 0.15) is 31.2 Å². The molecule has 3 unspecified atom stereocenters.